The third-order valence-electron chi connectivity index (χ3n) is 2.66. The van der Waals surface area contributed by atoms with Crippen molar-refractivity contribution in [2.75, 3.05) is 18.6 Å². The van der Waals surface area contributed by atoms with Crippen LogP contribution in [0.3, 0.4) is 0 Å². The highest BCUT2D eigenvalue weighted by Crippen LogP contribution is 2.18. The van der Waals surface area contributed by atoms with E-state index < -0.39 is 0 Å². The molecular formula is C13H18INO2. The van der Waals surface area contributed by atoms with E-state index in [1.807, 2.05) is 20.9 Å². The Kier molecular flexibility index (Phi) is 5.74. The minimum atomic E-state index is -0.141. The maximum atomic E-state index is 11.4. The molecule has 0 aliphatic carbocycles. The van der Waals surface area contributed by atoms with Crippen LogP contribution in [0.25, 0.3) is 0 Å². The number of hydrogen-bond acceptors (Lipinski definition) is 3. The van der Waals surface area contributed by atoms with Gasteiger partial charge in [0.25, 0.3) is 0 Å². The SMILES string of the molecule is CCOC(=O)CC(C)N(C)c1ccc(I)cc1. The summed E-state index contributed by atoms with van der Waals surface area (Å²) in [6, 6.07) is 8.37. The van der Waals surface area contributed by atoms with Crippen LogP contribution in [-0.2, 0) is 9.53 Å². The fourth-order valence-electron chi connectivity index (χ4n) is 1.53. The monoisotopic (exact) mass is 347 g/mol. The number of benzene rings is 1. The van der Waals surface area contributed by atoms with Gasteiger partial charge < -0.3 is 9.64 Å². The van der Waals surface area contributed by atoms with Gasteiger partial charge in [-0.25, -0.2) is 0 Å². The molecule has 0 aliphatic rings. The summed E-state index contributed by atoms with van der Waals surface area (Å²) in [5.74, 6) is -0.141. The molecule has 0 heterocycles. The van der Waals surface area contributed by atoms with Crippen LogP contribution in [0.15, 0.2) is 24.3 Å². The van der Waals surface area contributed by atoms with Crippen LogP contribution in [0.1, 0.15) is 20.3 Å². The average Bonchev–Trinajstić information content (AvgIpc) is 2.29. The Morgan fingerprint density at radius 1 is 1.41 bits per heavy atom. The fraction of sp³-hybridized carbons (Fsp3) is 0.462. The number of nitrogens with zero attached hydrogens (tertiary/aromatic N) is 1. The van der Waals surface area contributed by atoms with E-state index >= 15 is 0 Å². The summed E-state index contributed by atoms with van der Waals surface area (Å²) < 4.78 is 6.16. The molecule has 94 valence electrons. The Hall–Kier alpha value is -0.780. The van der Waals surface area contributed by atoms with Gasteiger partial charge in [0.1, 0.15) is 0 Å². The number of rotatable bonds is 5. The second kappa shape index (κ2) is 6.83. The van der Waals surface area contributed by atoms with Crippen molar-refractivity contribution >= 4 is 34.2 Å². The highest BCUT2D eigenvalue weighted by atomic mass is 127. The lowest BCUT2D eigenvalue weighted by Gasteiger charge is -2.26. The summed E-state index contributed by atoms with van der Waals surface area (Å²) in [6.45, 7) is 4.29. The summed E-state index contributed by atoms with van der Waals surface area (Å²) in [7, 11) is 1.99. The molecule has 0 saturated heterocycles. The zero-order chi connectivity index (χ0) is 12.8. The van der Waals surface area contributed by atoms with Crippen LogP contribution in [0.5, 0.6) is 0 Å². The summed E-state index contributed by atoms with van der Waals surface area (Å²) in [5.41, 5.74) is 1.11. The molecule has 0 radical (unpaired) electrons. The first-order valence-corrected chi connectivity index (χ1v) is 6.76. The summed E-state index contributed by atoms with van der Waals surface area (Å²) in [4.78, 5) is 13.5. The second-order valence-corrected chi connectivity index (χ2v) is 5.19. The zero-order valence-corrected chi connectivity index (χ0v) is 12.6. The number of carbonyl (C=O) groups excluding carboxylic acids is 1. The first-order chi connectivity index (χ1) is 8.04. The maximum absolute atomic E-state index is 11.4. The zero-order valence-electron chi connectivity index (χ0n) is 10.4. The van der Waals surface area contributed by atoms with E-state index in [9.17, 15) is 4.79 Å². The minimum absolute atomic E-state index is 0.133. The molecule has 1 aromatic rings. The lowest BCUT2D eigenvalue weighted by Crippen LogP contribution is -2.31. The van der Waals surface area contributed by atoms with Crippen molar-refractivity contribution in [3.63, 3.8) is 0 Å². The molecule has 1 unspecified atom stereocenters. The van der Waals surface area contributed by atoms with Gasteiger partial charge in [0, 0.05) is 22.3 Å². The number of esters is 1. The molecule has 1 aromatic carbocycles. The molecule has 0 bridgehead atoms. The molecule has 0 aliphatic heterocycles. The van der Waals surface area contributed by atoms with Crippen LogP contribution >= 0.6 is 22.6 Å². The Morgan fingerprint density at radius 3 is 2.53 bits per heavy atom. The normalized spacial score (nSPS) is 12.0. The molecule has 0 fully saturated rings. The van der Waals surface area contributed by atoms with Crippen LogP contribution in [0.2, 0.25) is 0 Å². The van der Waals surface area contributed by atoms with E-state index in [2.05, 4.69) is 51.8 Å². The topological polar surface area (TPSA) is 29.5 Å². The van der Waals surface area contributed by atoms with Gasteiger partial charge in [0.05, 0.1) is 13.0 Å². The molecule has 17 heavy (non-hydrogen) atoms. The van der Waals surface area contributed by atoms with E-state index in [4.69, 9.17) is 4.74 Å². The van der Waals surface area contributed by atoms with Gasteiger partial charge in [-0.1, -0.05) is 0 Å². The number of anilines is 1. The van der Waals surface area contributed by atoms with Crippen molar-refractivity contribution in [3.8, 4) is 0 Å². The van der Waals surface area contributed by atoms with Gasteiger partial charge in [-0.3, -0.25) is 4.79 Å². The third kappa shape index (κ3) is 4.53. The third-order valence-corrected chi connectivity index (χ3v) is 3.38. The van der Waals surface area contributed by atoms with Gasteiger partial charge in [-0.05, 0) is 60.7 Å². The molecule has 0 saturated carbocycles. The first kappa shape index (κ1) is 14.3. The summed E-state index contributed by atoms with van der Waals surface area (Å²) >= 11 is 2.28. The van der Waals surface area contributed by atoms with Gasteiger partial charge in [-0.15, -0.1) is 0 Å². The van der Waals surface area contributed by atoms with E-state index in [1.54, 1.807) is 0 Å². The Bertz CT molecular complexity index is 364. The van der Waals surface area contributed by atoms with E-state index in [0.717, 1.165) is 5.69 Å². The summed E-state index contributed by atoms with van der Waals surface area (Å²) in [5, 5.41) is 0. The average molecular weight is 347 g/mol. The number of carbonyl (C=O) groups is 1. The molecule has 0 aromatic heterocycles. The van der Waals surface area contributed by atoms with Crippen molar-refractivity contribution in [2.45, 2.75) is 26.3 Å². The van der Waals surface area contributed by atoms with E-state index in [-0.39, 0.29) is 12.0 Å². The van der Waals surface area contributed by atoms with Crippen molar-refractivity contribution in [3.05, 3.63) is 27.8 Å². The Balaban J connectivity index is 2.60. The van der Waals surface area contributed by atoms with Gasteiger partial charge in [0.2, 0.25) is 0 Å². The quantitative estimate of drug-likeness (QED) is 0.606. The molecule has 0 N–H and O–H groups in total. The fourth-order valence-corrected chi connectivity index (χ4v) is 1.89. The highest BCUT2D eigenvalue weighted by molar-refractivity contribution is 14.1. The largest absolute Gasteiger partial charge is 0.466 e. The van der Waals surface area contributed by atoms with Gasteiger partial charge >= 0.3 is 5.97 Å². The van der Waals surface area contributed by atoms with Crippen molar-refractivity contribution < 1.29 is 9.53 Å². The van der Waals surface area contributed by atoms with Gasteiger partial charge in [-0.2, -0.15) is 0 Å². The number of hydrogen-bond donors (Lipinski definition) is 0. The molecule has 4 heteroatoms. The van der Waals surface area contributed by atoms with Gasteiger partial charge in [0.15, 0.2) is 0 Å². The first-order valence-electron chi connectivity index (χ1n) is 5.68. The standard InChI is InChI=1S/C13H18INO2/c1-4-17-13(16)9-10(2)15(3)12-7-5-11(14)6-8-12/h5-8,10H,4,9H2,1-3H3. The predicted octanol–water partition coefficient (Wildman–Crippen LogP) is 3.07. The molecular weight excluding hydrogens is 329 g/mol. The van der Waals surface area contributed by atoms with E-state index in [1.165, 1.54) is 3.57 Å². The van der Waals surface area contributed by atoms with Crippen LogP contribution in [-0.4, -0.2) is 25.7 Å². The molecule has 0 spiro atoms. The lowest BCUT2D eigenvalue weighted by atomic mass is 10.2. The van der Waals surface area contributed by atoms with Crippen LogP contribution in [0, 0.1) is 3.57 Å². The predicted molar refractivity (Wildman–Crippen MR) is 78.3 cm³/mol. The molecule has 1 rings (SSSR count). The van der Waals surface area contributed by atoms with Crippen molar-refractivity contribution in [2.24, 2.45) is 0 Å². The highest BCUT2D eigenvalue weighted by Gasteiger charge is 2.14. The van der Waals surface area contributed by atoms with Crippen LogP contribution in [0.4, 0.5) is 5.69 Å². The second-order valence-electron chi connectivity index (χ2n) is 3.95. The minimum Gasteiger partial charge on any atom is -0.466 e. The number of halogens is 1. The molecule has 1 atom stereocenters. The smallest absolute Gasteiger partial charge is 0.307 e. The van der Waals surface area contributed by atoms with E-state index in [0.29, 0.717) is 13.0 Å². The van der Waals surface area contributed by atoms with Crippen molar-refractivity contribution in [1.82, 2.24) is 0 Å². The lowest BCUT2D eigenvalue weighted by molar-refractivity contribution is -0.143. The van der Waals surface area contributed by atoms with Crippen molar-refractivity contribution in [1.29, 1.82) is 0 Å². The number of ether oxygens (including phenoxy) is 1. The van der Waals surface area contributed by atoms with Crippen LogP contribution < -0.4 is 4.90 Å². The Morgan fingerprint density at radius 2 is 2.00 bits per heavy atom. The molecule has 0 amide bonds. The summed E-state index contributed by atoms with van der Waals surface area (Å²) in [6.07, 6.45) is 0.413. The Labute approximate surface area is 116 Å². The maximum Gasteiger partial charge on any atom is 0.307 e. The molecule has 3 nitrogen and oxygen atoms in total.